The molecule has 1 N–H and O–H groups in total. The quantitative estimate of drug-likeness (QED) is 0.699. The van der Waals surface area contributed by atoms with Crippen molar-refractivity contribution in [2.75, 3.05) is 0 Å². The fraction of sp³-hybridized carbons (Fsp3) is 0. The molecule has 78 valence electrons. The van der Waals surface area contributed by atoms with Gasteiger partial charge in [-0.3, -0.25) is 4.98 Å². The molecule has 0 amide bonds. The van der Waals surface area contributed by atoms with Crippen molar-refractivity contribution >= 4 is 22.6 Å². The third-order valence-corrected chi connectivity index (χ3v) is 2.57. The number of imidazole rings is 1. The Balaban J connectivity index is 2.23. The lowest BCUT2D eigenvalue weighted by Gasteiger charge is -1.91. The van der Waals surface area contributed by atoms with E-state index in [1.54, 1.807) is 18.6 Å². The molecule has 0 unspecified atom stereocenters. The number of hydrogen-bond donors (Lipinski definition) is 1. The van der Waals surface area contributed by atoms with Crippen molar-refractivity contribution in [2.24, 2.45) is 0 Å². The molecule has 0 saturated heterocycles. The van der Waals surface area contributed by atoms with Crippen LogP contribution in [0.15, 0.2) is 36.8 Å². The predicted octanol–water partition coefficient (Wildman–Crippen LogP) is 2.67. The van der Waals surface area contributed by atoms with Crippen LogP contribution in [-0.4, -0.2) is 19.9 Å². The van der Waals surface area contributed by atoms with Gasteiger partial charge in [-0.1, -0.05) is 17.7 Å². The number of hydrogen-bond acceptors (Lipinski definition) is 3. The zero-order valence-corrected chi connectivity index (χ0v) is 8.94. The zero-order chi connectivity index (χ0) is 11.0. The first-order valence-corrected chi connectivity index (χ1v) is 5.13. The molecule has 16 heavy (non-hydrogen) atoms. The predicted molar refractivity (Wildman–Crippen MR) is 62.1 cm³/mol. The molecule has 0 aliphatic rings. The highest BCUT2D eigenvalue weighted by molar-refractivity contribution is 6.34. The third-order valence-electron chi connectivity index (χ3n) is 2.27. The van der Waals surface area contributed by atoms with Crippen molar-refractivity contribution in [2.45, 2.75) is 0 Å². The second-order valence-electron chi connectivity index (χ2n) is 3.31. The van der Waals surface area contributed by atoms with Gasteiger partial charge in [-0.25, -0.2) is 9.97 Å². The number of benzene rings is 1. The normalized spacial score (nSPS) is 10.8. The minimum atomic E-state index is 0.629. The number of rotatable bonds is 1. The first kappa shape index (κ1) is 9.30. The third kappa shape index (κ3) is 1.44. The molecule has 3 aromatic rings. The smallest absolute Gasteiger partial charge is 0.158 e. The number of aromatic amines is 1. The molecule has 3 rings (SSSR count). The average Bonchev–Trinajstić information content (AvgIpc) is 2.76. The largest absolute Gasteiger partial charge is 0.337 e. The molecule has 4 nitrogen and oxygen atoms in total. The van der Waals surface area contributed by atoms with Gasteiger partial charge in [0, 0.05) is 12.4 Å². The van der Waals surface area contributed by atoms with Gasteiger partial charge < -0.3 is 4.98 Å². The van der Waals surface area contributed by atoms with Crippen molar-refractivity contribution in [3.05, 3.63) is 41.8 Å². The number of halogens is 1. The molecule has 2 heterocycles. The summed E-state index contributed by atoms with van der Waals surface area (Å²) >= 11 is 6.04. The van der Waals surface area contributed by atoms with Crippen molar-refractivity contribution in [1.29, 1.82) is 0 Å². The number of fused-ring (bicyclic) bond motifs is 1. The van der Waals surface area contributed by atoms with Crippen molar-refractivity contribution < 1.29 is 0 Å². The zero-order valence-electron chi connectivity index (χ0n) is 8.18. The molecule has 5 heteroatoms. The summed E-state index contributed by atoms with van der Waals surface area (Å²) in [5.41, 5.74) is 2.35. The lowest BCUT2D eigenvalue weighted by molar-refractivity contribution is 1.17. The average molecular weight is 231 g/mol. The van der Waals surface area contributed by atoms with Crippen LogP contribution >= 0.6 is 11.6 Å². The van der Waals surface area contributed by atoms with E-state index in [0.29, 0.717) is 16.5 Å². The Morgan fingerprint density at radius 3 is 2.88 bits per heavy atom. The highest BCUT2D eigenvalue weighted by Gasteiger charge is 2.08. The summed E-state index contributed by atoms with van der Waals surface area (Å²) in [5, 5.41) is 0.629. The molecule has 0 spiro atoms. The van der Waals surface area contributed by atoms with Crippen LogP contribution in [0.4, 0.5) is 0 Å². The molecule has 0 aliphatic carbocycles. The van der Waals surface area contributed by atoms with E-state index in [2.05, 4.69) is 19.9 Å². The standard InChI is InChI=1S/C11H7ClN4/c12-7-2-1-3-8-10(7)16-11(15-8)9-6-13-4-5-14-9/h1-6H,(H,15,16). The lowest BCUT2D eigenvalue weighted by Crippen LogP contribution is -1.85. The lowest BCUT2D eigenvalue weighted by atomic mass is 10.3. The SMILES string of the molecule is Clc1cccc2[nH]c(-c3cnccn3)nc12. The maximum Gasteiger partial charge on any atom is 0.158 e. The first-order chi connectivity index (χ1) is 7.84. The molecular weight excluding hydrogens is 224 g/mol. The van der Waals surface area contributed by atoms with Crippen molar-refractivity contribution in [1.82, 2.24) is 19.9 Å². The Hall–Kier alpha value is -1.94. The Bertz CT molecular complexity index is 633. The summed E-state index contributed by atoms with van der Waals surface area (Å²) in [7, 11) is 0. The Morgan fingerprint density at radius 2 is 2.12 bits per heavy atom. The Labute approximate surface area is 96.3 Å². The van der Waals surface area contributed by atoms with Gasteiger partial charge in [0.2, 0.25) is 0 Å². The van der Waals surface area contributed by atoms with E-state index in [9.17, 15) is 0 Å². The van der Waals surface area contributed by atoms with Gasteiger partial charge in [0.25, 0.3) is 0 Å². The van der Waals surface area contributed by atoms with E-state index in [1.165, 1.54) is 0 Å². The molecule has 0 radical (unpaired) electrons. The van der Waals surface area contributed by atoms with Gasteiger partial charge in [-0.15, -0.1) is 0 Å². The molecule has 0 aliphatic heterocycles. The summed E-state index contributed by atoms with van der Waals surface area (Å²) in [6.45, 7) is 0. The van der Waals surface area contributed by atoms with Gasteiger partial charge in [0.1, 0.15) is 11.2 Å². The van der Waals surface area contributed by atoms with Gasteiger partial charge in [-0.2, -0.15) is 0 Å². The van der Waals surface area contributed by atoms with Crippen LogP contribution < -0.4 is 0 Å². The fourth-order valence-corrected chi connectivity index (χ4v) is 1.76. The van der Waals surface area contributed by atoms with Gasteiger partial charge in [0.05, 0.1) is 16.7 Å². The van der Waals surface area contributed by atoms with Gasteiger partial charge in [-0.05, 0) is 12.1 Å². The van der Waals surface area contributed by atoms with E-state index < -0.39 is 0 Å². The minimum Gasteiger partial charge on any atom is -0.337 e. The Morgan fingerprint density at radius 1 is 1.19 bits per heavy atom. The van der Waals surface area contributed by atoms with Crippen molar-refractivity contribution in [3.8, 4) is 11.5 Å². The number of H-pyrrole nitrogens is 1. The number of para-hydroxylation sites is 1. The summed E-state index contributed by atoms with van der Waals surface area (Å²) < 4.78 is 0. The molecular formula is C11H7ClN4. The van der Waals surface area contributed by atoms with E-state index >= 15 is 0 Å². The van der Waals surface area contributed by atoms with Crippen molar-refractivity contribution in [3.63, 3.8) is 0 Å². The monoisotopic (exact) mass is 230 g/mol. The van der Waals surface area contributed by atoms with Gasteiger partial charge >= 0.3 is 0 Å². The van der Waals surface area contributed by atoms with E-state index in [1.807, 2.05) is 18.2 Å². The van der Waals surface area contributed by atoms with Crippen LogP contribution in [0.1, 0.15) is 0 Å². The highest BCUT2D eigenvalue weighted by atomic mass is 35.5. The summed E-state index contributed by atoms with van der Waals surface area (Å²) in [4.78, 5) is 15.7. The molecule has 2 aromatic heterocycles. The number of nitrogens with zero attached hydrogens (tertiary/aromatic N) is 3. The molecule has 1 aromatic carbocycles. The molecule has 0 fully saturated rings. The van der Waals surface area contributed by atoms with Crippen LogP contribution in [0.5, 0.6) is 0 Å². The topological polar surface area (TPSA) is 54.5 Å². The maximum atomic E-state index is 6.04. The van der Waals surface area contributed by atoms with Crippen LogP contribution in [-0.2, 0) is 0 Å². The van der Waals surface area contributed by atoms with E-state index in [4.69, 9.17) is 11.6 Å². The van der Waals surface area contributed by atoms with Crippen LogP contribution in [0, 0.1) is 0 Å². The fourth-order valence-electron chi connectivity index (χ4n) is 1.54. The van der Waals surface area contributed by atoms with Crippen LogP contribution in [0.3, 0.4) is 0 Å². The molecule has 0 atom stereocenters. The van der Waals surface area contributed by atoms with Crippen LogP contribution in [0.25, 0.3) is 22.6 Å². The second kappa shape index (κ2) is 3.57. The Kier molecular flexibility index (Phi) is 2.08. The molecule has 0 saturated carbocycles. The summed E-state index contributed by atoms with van der Waals surface area (Å²) in [5.74, 6) is 0.677. The van der Waals surface area contributed by atoms with E-state index in [0.717, 1.165) is 11.0 Å². The second-order valence-corrected chi connectivity index (χ2v) is 3.72. The number of nitrogens with one attached hydrogen (secondary N) is 1. The van der Waals surface area contributed by atoms with E-state index in [-0.39, 0.29) is 0 Å². The highest BCUT2D eigenvalue weighted by Crippen LogP contribution is 2.23. The number of aromatic nitrogens is 4. The maximum absolute atomic E-state index is 6.04. The minimum absolute atomic E-state index is 0.629. The first-order valence-electron chi connectivity index (χ1n) is 4.75. The van der Waals surface area contributed by atoms with Gasteiger partial charge in [0.15, 0.2) is 5.82 Å². The summed E-state index contributed by atoms with van der Waals surface area (Å²) in [6.07, 6.45) is 4.91. The van der Waals surface area contributed by atoms with Crippen LogP contribution in [0.2, 0.25) is 5.02 Å². The molecule has 0 bridgehead atoms. The summed E-state index contributed by atoms with van der Waals surface area (Å²) in [6, 6.07) is 5.61.